The fraction of sp³-hybridized carbons (Fsp3) is 0.636. The zero-order chi connectivity index (χ0) is 11.6. The minimum Gasteiger partial charge on any atom is -0.388 e. The summed E-state index contributed by atoms with van der Waals surface area (Å²) in [6.45, 7) is 0. The summed E-state index contributed by atoms with van der Waals surface area (Å²) in [4.78, 5) is 7.62. The van der Waals surface area contributed by atoms with Gasteiger partial charge in [-0.3, -0.25) is 0 Å². The van der Waals surface area contributed by atoms with Crippen LogP contribution in [0.5, 0.6) is 0 Å². The van der Waals surface area contributed by atoms with Crippen molar-refractivity contribution >= 4 is 0 Å². The van der Waals surface area contributed by atoms with Crippen LogP contribution in [0.1, 0.15) is 37.4 Å². The van der Waals surface area contributed by atoms with Gasteiger partial charge in [-0.2, -0.15) is 0 Å². The van der Waals surface area contributed by atoms with Crippen molar-refractivity contribution in [2.45, 2.75) is 37.7 Å². The van der Waals surface area contributed by atoms with Gasteiger partial charge in [0.2, 0.25) is 5.92 Å². The molecule has 3 nitrogen and oxygen atoms in total. The summed E-state index contributed by atoms with van der Waals surface area (Å²) in [5.74, 6) is -2.66. The first-order valence-corrected chi connectivity index (χ1v) is 5.39. The summed E-state index contributed by atoms with van der Waals surface area (Å²) in [7, 11) is 0. The van der Waals surface area contributed by atoms with E-state index in [1.807, 2.05) is 0 Å². The molecule has 0 aromatic carbocycles. The average Bonchev–Trinajstić information content (AvgIpc) is 2.29. The van der Waals surface area contributed by atoms with E-state index in [1.54, 1.807) is 0 Å². The monoisotopic (exact) mass is 228 g/mol. The molecule has 1 aliphatic rings. The molecule has 0 bridgehead atoms. The predicted molar refractivity (Wildman–Crippen MR) is 53.9 cm³/mol. The fourth-order valence-corrected chi connectivity index (χ4v) is 2.11. The normalized spacial score (nSPS) is 22.9. The third kappa shape index (κ3) is 2.52. The van der Waals surface area contributed by atoms with Crippen LogP contribution in [0.3, 0.4) is 0 Å². The van der Waals surface area contributed by atoms with Crippen LogP contribution in [-0.4, -0.2) is 21.0 Å². The standard InChI is InChI=1S/C11H14F2N2O/c12-11(13)3-1-8(2-4-11)10(16)9-5-14-7-15-6-9/h5-8,10,16H,1-4H2. The lowest BCUT2D eigenvalue weighted by Crippen LogP contribution is -2.27. The van der Waals surface area contributed by atoms with Crippen LogP contribution >= 0.6 is 0 Å². The molecule has 16 heavy (non-hydrogen) atoms. The van der Waals surface area contributed by atoms with Crippen molar-refractivity contribution in [3.05, 3.63) is 24.3 Å². The van der Waals surface area contributed by atoms with Gasteiger partial charge in [0.1, 0.15) is 6.33 Å². The number of aromatic nitrogens is 2. The van der Waals surface area contributed by atoms with Gasteiger partial charge in [0.05, 0.1) is 6.10 Å². The molecule has 5 heteroatoms. The van der Waals surface area contributed by atoms with E-state index in [2.05, 4.69) is 9.97 Å². The van der Waals surface area contributed by atoms with Gasteiger partial charge in [-0.05, 0) is 18.8 Å². The third-order valence-corrected chi connectivity index (χ3v) is 3.13. The van der Waals surface area contributed by atoms with Gasteiger partial charge in [0.15, 0.2) is 0 Å². The molecular formula is C11H14F2N2O. The Morgan fingerprint density at radius 3 is 2.38 bits per heavy atom. The lowest BCUT2D eigenvalue weighted by Gasteiger charge is -2.31. The molecule has 1 saturated carbocycles. The van der Waals surface area contributed by atoms with Crippen LogP contribution in [0.15, 0.2) is 18.7 Å². The van der Waals surface area contributed by atoms with Crippen molar-refractivity contribution < 1.29 is 13.9 Å². The number of rotatable bonds is 2. The first-order chi connectivity index (χ1) is 7.58. The van der Waals surface area contributed by atoms with Crippen LogP contribution in [0.2, 0.25) is 0 Å². The second-order valence-corrected chi connectivity index (χ2v) is 4.31. The van der Waals surface area contributed by atoms with Gasteiger partial charge >= 0.3 is 0 Å². The molecule has 1 heterocycles. The highest BCUT2D eigenvalue weighted by Crippen LogP contribution is 2.40. The molecule has 1 atom stereocenters. The maximum Gasteiger partial charge on any atom is 0.248 e. The van der Waals surface area contributed by atoms with Crippen molar-refractivity contribution in [2.24, 2.45) is 5.92 Å². The summed E-state index contributed by atoms with van der Waals surface area (Å²) in [5.41, 5.74) is 0.609. The highest BCUT2D eigenvalue weighted by Gasteiger charge is 2.37. The number of hydrogen-bond acceptors (Lipinski definition) is 3. The van der Waals surface area contributed by atoms with Crippen molar-refractivity contribution in [3.63, 3.8) is 0 Å². The quantitative estimate of drug-likeness (QED) is 0.845. The van der Waals surface area contributed by atoms with E-state index < -0.39 is 12.0 Å². The summed E-state index contributed by atoms with van der Waals surface area (Å²) in [6, 6.07) is 0. The number of aliphatic hydroxyl groups excluding tert-OH is 1. The van der Waals surface area contributed by atoms with E-state index in [-0.39, 0.29) is 18.8 Å². The zero-order valence-corrected chi connectivity index (χ0v) is 8.81. The minimum absolute atomic E-state index is 0.106. The van der Waals surface area contributed by atoms with E-state index in [4.69, 9.17) is 0 Å². The van der Waals surface area contributed by atoms with E-state index in [0.717, 1.165) is 0 Å². The summed E-state index contributed by atoms with van der Waals surface area (Å²) in [5, 5.41) is 9.99. The maximum atomic E-state index is 12.9. The van der Waals surface area contributed by atoms with E-state index >= 15 is 0 Å². The molecule has 0 radical (unpaired) electrons. The molecule has 88 valence electrons. The summed E-state index contributed by atoms with van der Waals surface area (Å²) >= 11 is 0. The molecule has 1 N–H and O–H groups in total. The molecule has 0 aliphatic heterocycles. The van der Waals surface area contributed by atoms with Crippen molar-refractivity contribution in [1.29, 1.82) is 0 Å². The lowest BCUT2D eigenvalue weighted by atomic mass is 9.81. The second-order valence-electron chi connectivity index (χ2n) is 4.31. The molecule has 0 spiro atoms. The number of alkyl halides is 2. The molecule has 1 fully saturated rings. The van der Waals surface area contributed by atoms with Crippen molar-refractivity contribution in [1.82, 2.24) is 9.97 Å². The minimum atomic E-state index is -2.55. The smallest absolute Gasteiger partial charge is 0.248 e. The van der Waals surface area contributed by atoms with Gasteiger partial charge in [-0.1, -0.05) is 0 Å². The fourth-order valence-electron chi connectivity index (χ4n) is 2.11. The molecule has 1 unspecified atom stereocenters. The van der Waals surface area contributed by atoms with Crippen LogP contribution in [0, 0.1) is 5.92 Å². The largest absolute Gasteiger partial charge is 0.388 e. The Balaban J connectivity index is 2.00. The third-order valence-electron chi connectivity index (χ3n) is 3.13. The number of halogens is 2. The number of nitrogens with zero attached hydrogens (tertiary/aromatic N) is 2. The van der Waals surface area contributed by atoms with Crippen LogP contribution in [0.4, 0.5) is 8.78 Å². The second kappa shape index (κ2) is 4.41. The highest BCUT2D eigenvalue weighted by molar-refractivity contribution is 5.08. The Kier molecular flexibility index (Phi) is 3.14. The van der Waals surface area contributed by atoms with Gasteiger partial charge in [0.25, 0.3) is 0 Å². The van der Waals surface area contributed by atoms with Gasteiger partial charge < -0.3 is 5.11 Å². The van der Waals surface area contributed by atoms with Gasteiger partial charge in [-0.25, -0.2) is 18.7 Å². The van der Waals surface area contributed by atoms with E-state index in [1.165, 1.54) is 18.7 Å². The lowest BCUT2D eigenvalue weighted by molar-refractivity contribution is -0.0627. The van der Waals surface area contributed by atoms with Crippen LogP contribution in [0.25, 0.3) is 0 Å². The molecule has 1 aromatic heterocycles. The molecule has 0 amide bonds. The highest BCUT2D eigenvalue weighted by atomic mass is 19.3. The van der Waals surface area contributed by atoms with E-state index in [0.29, 0.717) is 18.4 Å². The number of aliphatic hydroxyl groups is 1. The Labute approximate surface area is 92.5 Å². The molecule has 1 aliphatic carbocycles. The SMILES string of the molecule is OC(c1cncnc1)C1CCC(F)(F)CC1. The first kappa shape index (κ1) is 11.4. The molecule has 0 saturated heterocycles. The van der Waals surface area contributed by atoms with Gasteiger partial charge in [-0.15, -0.1) is 0 Å². The predicted octanol–water partition coefficient (Wildman–Crippen LogP) is 2.34. The topological polar surface area (TPSA) is 46.0 Å². The Morgan fingerprint density at radius 1 is 1.25 bits per heavy atom. The van der Waals surface area contributed by atoms with Crippen molar-refractivity contribution in [3.8, 4) is 0 Å². The Bertz CT molecular complexity index is 335. The summed E-state index contributed by atoms with van der Waals surface area (Å²) in [6.07, 6.45) is 4.15. The average molecular weight is 228 g/mol. The van der Waals surface area contributed by atoms with Gasteiger partial charge in [0, 0.05) is 30.8 Å². The van der Waals surface area contributed by atoms with E-state index in [9.17, 15) is 13.9 Å². The molecule has 1 aromatic rings. The molecular weight excluding hydrogens is 214 g/mol. The summed E-state index contributed by atoms with van der Waals surface area (Å²) < 4.78 is 25.9. The first-order valence-electron chi connectivity index (χ1n) is 5.39. The van der Waals surface area contributed by atoms with Crippen LogP contribution < -0.4 is 0 Å². The van der Waals surface area contributed by atoms with Crippen LogP contribution in [-0.2, 0) is 0 Å². The zero-order valence-electron chi connectivity index (χ0n) is 8.81. The van der Waals surface area contributed by atoms with Crippen molar-refractivity contribution in [2.75, 3.05) is 0 Å². The maximum absolute atomic E-state index is 12.9. The Hall–Kier alpha value is -1.10. The number of hydrogen-bond donors (Lipinski definition) is 1. The Morgan fingerprint density at radius 2 is 1.81 bits per heavy atom. The molecule has 2 rings (SSSR count).